The molecule has 92 valence electrons. The third-order valence-electron chi connectivity index (χ3n) is 2.40. The smallest absolute Gasteiger partial charge is 0.119 e. The number of ether oxygens (including phenoxy) is 1. The molecular weight excluding hydrogens is 254 g/mol. The summed E-state index contributed by atoms with van der Waals surface area (Å²) in [4.78, 5) is 1.18. The molecule has 17 heavy (non-hydrogen) atoms. The maximum atomic E-state index is 6.15. The summed E-state index contributed by atoms with van der Waals surface area (Å²) in [6.45, 7) is 2.67. The molecule has 0 bridgehead atoms. The summed E-state index contributed by atoms with van der Waals surface area (Å²) in [6, 6.07) is 12.0. The van der Waals surface area contributed by atoms with Gasteiger partial charge in [0.2, 0.25) is 0 Å². The van der Waals surface area contributed by atoms with Gasteiger partial charge in [-0.3, -0.25) is 0 Å². The van der Waals surface area contributed by atoms with Gasteiger partial charge in [-0.2, -0.15) is 0 Å². The van der Waals surface area contributed by atoms with Gasteiger partial charge in [-0.1, -0.05) is 18.2 Å². The Hall–Kier alpha value is -1.03. The lowest BCUT2D eigenvalue weighted by Gasteiger charge is -2.10. The van der Waals surface area contributed by atoms with Crippen molar-refractivity contribution in [1.29, 1.82) is 0 Å². The first-order valence-electron chi connectivity index (χ1n) is 5.33. The third kappa shape index (κ3) is 3.46. The van der Waals surface area contributed by atoms with Crippen LogP contribution < -0.4 is 10.5 Å². The first-order valence-corrected chi connectivity index (χ1v) is 6.21. The highest BCUT2D eigenvalue weighted by molar-refractivity contribution is 7.10. The molecule has 1 aromatic carbocycles. The molecule has 0 aliphatic rings. The highest BCUT2D eigenvalue weighted by atomic mass is 35.5. The van der Waals surface area contributed by atoms with Crippen molar-refractivity contribution in [3.63, 3.8) is 0 Å². The topological polar surface area (TPSA) is 35.2 Å². The van der Waals surface area contributed by atoms with Gasteiger partial charge in [0, 0.05) is 4.88 Å². The van der Waals surface area contributed by atoms with Crippen LogP contribution in [0.1, 0.15) is 23.4 Å². The molecule has 0 unspecified atom stereocenters. The second-order valence-corrected chi connectivity index (χ2v) is 4.47. The van der Waals surface area contributed by atoms with Gasteiger partial charge in [0.25, 0.3) is 0 Å². The fraction of sp³-hybridized carbons (Fsp3) is 0.231. The highest BCUT2D eigenvalue weighted by Gasteiger charge is 2.09. The molecule has 0 saturated carbocycles. The Labute approximate surface area is 112 Å². The highest BCUT2D eigenvalue weighted by Crippen LogP contribution is 2.25. The summed E-state index contributed by atoms with van der Waals surface area (Å²) < 4.78 is 5.39. The summed E-state index contributed by atoms with van der Waals surface area (Å²) in [5.74, 6) is 0.893. The Bertz CT molecular complexity index is 427. The Balaban J connectivity index is 0.00000144. The average molecular weight is 270 g/mol. The quantitative estimate of drug-likeness (QED) is 0.920. The van der Waals surface area contributed by atoms with E-state index in [1.54, 1.807) is 11.3 Å². The van der Waals surface area contributed by atoms with Crippen molar-refractivity contribution in [2.45, 2.75) is 13.0 Å². The third-order valence-corrected chi connectivity index (χ3v) is 3.36. The Morgan fingerprint density at radius 2 is 1.94 bits per heavy atom. The lowest BCUT2D eigenvalue weighted by atomic mass is 10.1. The van der Waals surface area contributed by atoms with Crippen LogP contribution in [-0.4, -0.2) is 6.61 Å². The minimum Gasteiger partial charge on any atom is -0.494 e. The molecule has 0 fully saturated rings. The number of benzene rings is 1. The maximum absolute atomic E-state index is 6.15. The van der Waals surface area contributed by atoms with Gasteiger partial charge in [-0.05, 0) is 36.1 Å². The normalized spacial score (nSPS) is 11.6. The second-order valence-electron chi connectivity index (χ2n) is 3.50. The van der Waals surface area contributed by atoms with Gasteiger partial charge < -0.3 is 10.5 Å². The van der Waals surface area contributed by atoms with Gasteiger partial charge in [0.15, 0.2) is 0 Å². The molecule has 4 heteroatoms. The van der Waals surface area contributed by atoms with Crippen molar-refractivity contribution in [2.24, 2.45) is 5.73 Å². The molecule has 1 aromatic heterocycles. The Morgan fingerprint density at radius 3 is 2.47 bits per heavy atom. The lowest BCUT2D eigenvalue weighted by molar-refractivity contribution is 0.340. The molecule has 2 rings (SSSR count). The van der Waals surface area contributed by atoms with E-state index in [0.717, 1.165) is 11.3 Å². The van der Waals surface area contributed by atoms with E-state index in [2.05, 4.69) is 6.07 Å². The van der Waals surface area contributed by atoms with Gasteiger partial charge in [0.05, 0.1) is 12.6 Å². The number of thiophene rings is 1. The van der Waals surface area contributed by atoms with Crippen molar-refractivity contribution in [3.05, 3.63) is 52.2 Å². The standard InChI is InChI=1S/C13H15NOS.ClH/c1-2-15-11-7-5-10(6-8-11)13(14)12-4-3-9-16-12;/h3-9,13H,2,14H2,1H3;1H/t13-;/m0./s1. The molecule has 0 aliphatic heterocycles. The van der Waals surface area contributed by atoms with Crippen LogP contribution in [-0.2, 0) is 0 Å². The minimum atomic E-state index is -0.0318. The monoisotopic (exact) mass is 269 g/mol. The lowest BCUT2D eigenvalue weighted by Crippen LogP contribution is -2.09. The number of rotatable bonds is 4. The second kappa shape index (κ2) is 6.64. The van der Waals surface area contributed by atoms with Crippen LogP contribution in [0.3, 0.4) is 0 Å². The van der Waals surface area contributed by atoms with E-state index >= 15 is 0 Å². The van der Waals surface area contributed by atoms with Gasteiger partial charge in [-0.15, -0.1) is 23.7 Å². The van der Waals surface area contributed by atoms with E-state index in [-0.39, 0.29) is 18.4 Å². The van der Waals surface area contributed by atoms with E-state index in [1.165, 1.54) is 4.88 Å². The van der Waals surface area contributed by atoms with Crippen LogP contribution in [0.25, 0.3) is 0 Å². The summed E-state index contributed by atoms with van der Waals surface area (Å²) in [6.07, 6.45) is 0. The zero-order valence-corrected chi connectivity index (χ0v) is 11.3. The molecule has 2 aromatic rings. The largest absolute Gasteiger partial charge is 0.494 e. The van der Waals surface area contributed by atoms with Crippen molar-refractivity contribution in [2.75, 3.05) is 6.61 Å². The van der Waals surface area contributed by atoms with Crippen LogP contribution in [0, 0.1) is 0 Å². The van der Waals surface area contributed by atoms with Crippen LogP contribution in [0.5, 0.6) is 5.75 Å². The number of halogens is 1. The first-order chi connectivity index (χ1) is 7.81. The fourth-order valence-corrected chi connectivity index (χ4v) is 2.32. The predicted molar refractivity (Wildman–Crippen MR) is 75.2 cm³/mol. The van der Waals surface area contributed by atoms with E-state index in [1.807, 2.05) is 42.6 Å². The van der Waals surface area contributed by atoms with Gasteiger partial charge >= 0.3 is 0 Å². The number of hydrogen-bond donors (Lipinski definition) is 1. The van der Waals surface area contributed by atoms with E-state index in [0.29, 0.717) is 6.61 Å². The molecule has 1 atom stereocenters. The van der Waals surface area contributed by atoms with Crippen molar-refractivity contribution in [1.82, 2.24) is 0 Å². The molecule has 0 radical (unpaired) electrons. The first kappa shape index (κ1) is 14.0. The van der Waals surface area contributed by atoms with E-state index in [4.69, 9.17) is 10.5 Å². The van der Waals surface area contributed by atoms with Gasteiger partial charge in [-0.25, -0.2) is 0 Å². The van der Waals surface area contributed by atoms with Crippen LogP contribution in [0.2, 0.25) is 0 Å². The summed E-state index contributed by atoms with van der Waals surface area (Å²) in [5, 5.41) is 2.05. The number of hydrogen-bond acceptors (Lipinski definition) is 3. The number of nitrogens with two attached hydrogens (primary N) is 1. The molecular formula is C13H16ClNOS. The summed E-state index contributed by atoms with van der Waals surface area (Å²) in [7, 11) is 0. The van der Waals surface area contributed by atoms with Crippen LogP contribution >= 0.6 is 23.7 Å². The molecule has 0 spiro atoms. The van der Waals surface area contributed by atoms with Crippen LogP contribution in [0.15, 0.2) is 41.8 Å². The fourth-order valence-electron chi connectivity index (χ4n) is 1.57. The molecule has 0 saturated heterocycles. The predicted octanol–water partition coefficient (Wildman–Crippen LogP) is 3.62. The van der Waals surface area contributed by atoms with Crippen molar-refractivity contribution in [3.8, 4) is 5.75 Å². The van der Waals surface area contributed by atoms with Crippen molar-refractivity contribution >= 4 is 23.7 Å². The molecule has 2 nitrogen and oxygen atoms in total. The van der Waals surface area contributed by atoms with E-state index in [9.17, 15) is 0 Å². The molecule has 1 heterocycles. The summed E-state index contributed by atoms with van der Waals surface area (Å²) in [5.41, 5.74) is 7.27. The Kier molecular flexibility index (Phi) is 5.48. The minimum absolute atomic E-state index is 0. The zero-order valence-electron chi connectivity index (χ0n) is 9.63. The molecule has 0 aliphatic carbocycles. The average Bonchev–Trinajstić information content (AvgIpc) is 2.83. The van der Waals surface area contributed by atoms with Gasteiger partial charge in [0.1, 0.15) is 5.75 Å². The maximum Gasteiger partial charge on any atom is 0.119 e. The van der Waals surface area contributed by atoms with E-state index < -0.39 is 0 Å². The molecule has 0 amide bonds. The molecule has 2 N–H and O–H groups in total. The Morgan fingerprint density at radius 1 is 1.24 bits per heavy atom. The van der Waals surface area contributed by atoms with Crippen molar-refractivity contribution < 1.29 is 4.74 Å². The SMILES string of the molecule is CCOc1ccc([C@H](N)c2cccs2)cc1.Cl. The van der Waals surface area contributed by atoms with Crippen LogP contribution in [0.4, 0.5) is 0 Å². The summed E-state index contributed by atoms with van der Waals surface area (Å²) >= 11 is 1.68. The zero-order chi connectivity index (χ0) is 11.4.